The first kappa shape index (κ1) is 20.0. The summed E-state index contributed by atoms with van der Waals surface area (Å²) in [5.41, 5.74) is 2.56. The molecular formula is C19H31ClN2O. The van der Waals surface area contributed by atoms with Gasteiger partial charge in [-0.1, -0.05) is 43.7 Å². The average Bonchev–Trinajstić information content (AvgIpc) is 2.54. The fourth-order valence-corrected chi connectivity index (χ4v) is 3.22. The second-order valence-electron chi connectivity index (χ2n) is 6.88. The van der Waals surface area contributed by atoms with Crippen LogP contribution in [-0.4, -0.2) is 25.5 Å². The van der Waals surface area contributed by atoms with Gasteiger partial charge in [0, 0.05) is 13.0 Å². The van der Waals surface area contributed by atoms with Gasteiger partial charge < -0.3 is 10.6 Å². The lowest BCUT2D eigenvalue weighted by atomic mass is 9.84. The Morgan fingerprint density at radius 3 is 2.43 bits per heavy atom. The molecule has 1 aliphatic heterocycles. The Balaban J connectivity index is 0.00000264. The molecular weight excluding hydrogens is 308 g/mol. The molecule has 0 aromatic heterocycles. The fourth-order valence-electron chi connectivity index (χ4n) is 3.22. The molecule has 23 heavy (non-hydrogen) atoms. The maximum absolute atomic E-state index is 12.2. The number of carbonyl (C=O) groups excluding carboxylic acids is 1. The minimum atomic E-state index is 0. The van der Waals surface area contributed by atoms with Gasteiger partial charge in [0.15, 0.2) is 0 Å². The van der Waals surface area contributed by atoms with Crippen molar-refractivity contribution < 1.29 is 4.79 Å². The summed E-state index contributed by atoms with van der Waals surface area (Å²) < 4.78 is 0. The van der Waals surface area contributed by atoms with E-state index < -0.39 is 0 Å². The van der Waals surface area contributed by atoms with Crippen molar-refractivity contribution in [3.05, 3.63) is 35.4 Å². The van der Waals surface area contributed by atoms with Crippen molar-refractivity contribution >= 4 is 18.3 Å². The van der Waals surface area contributed by atoms with Crippen molar-refractivity contribution in [2.45, 2.75) is 46.0 Å². The van der Waals surface area contributed by atoms with Crippen LogP contribution in [0.25, 0.3) is 0 Å². The molecule has 1 fully saturated rings. The maximum Gasteiger partial charge on any atom is 0.220 e. The average molecular weight is 339 g/mol. The van der Waals surface area contributed by atoms with Crippen molar-refractivity contribution in [3.63, 3.8) is 0 Å². The zero-order valence-corrected chi connectivity index (χ0v) is 15.4. The predicted molar refractivity (Wildman–Crippen MR) is 99.2 cm³/mol. The molecule has 0 saturated carbocycles. The van der Waals surface area contributed by atoms with Crippen molar-refractivity contribution in [3.8, 4) is 0 Å². The lowest BCUT2D eigenvalue weighted by Gasteiger charge is -2.28. The number of hydrogen-bond acceptors (Lipinski definition) is 2. The molecule has 1 aromatic carbocycles. The summed E-state index contributed by atoms with van der Waals surface area (Å²) in [6.07, 6.45) is 3.06. The highest BCUT2D eigenvalue weighted by Crippen LogP contribution is 2.24. The van der Waals surface area contributed by atoms with Gasteiger partial charge in [0.25, 0.3) is 0 Å². The van der Waals surface area contributed by atoms with Gasteiger partial charge in [-0.05, 0) is 56.2 Å². The third kappa shape index (κ3) is 6.52. The summed E-state index contributed by atoms with van der Waals surface area (Å²) in [6.45, 7) is 9.40. The number of aryl methyl sites for hydroxylation is 1. The largest absolute Gasteiger partial charge is 0.355 e. The normalized spacial score (nSPS) is 17.9. The summed E-state index contributed by atoms with van der Waals surface area (Å²) in [5.74, 6) is 1.74. The highest BCUT2D eigenvalue weighted by molar-refractivity contribution is 5.85. The third-order valence-corrected chi connectivity index (χ3v) is 4.95. The van der Waals surface area contributed by atoms with Crippen LogP contribution in [0, 0.1) is 18.8 Å². The molecule has 130 valence electrons. The Morgan fingerprint density at radius 2 is 1.83 bits per heavy atom. The quantitative estimate of drug-likeness (QED) is 0.831. The standard InChI is InChI=1S/C19H30N2O.ClH/c1-14-4-6-17(7-5-14)16(3)13-21-19(22)12-15(2)18-8-10-20-11-9-18;/h4-7,15-16,18,20H,8-13H2,1-3H3,(H,21,22);1H. The molecule has 2 atom stereocenters. The SMILES string of the molecule is Cc1ccc(C(C)CNC(=O)CC(C)C2CCNCC2)cc1.Cl. The van der Waals surface area contributed by atoms with Gasteiger partial charge in [-0.15, -0.1) is 12.4 Å². The number of halogens is 1. The van der Waals surface area contributed by atoms with Gasteiger partial charge in [0.1, 0.15) is 0 Å². The van der Waals surface area contributed by atoms with Crippen molar-refractivity contribution in [2.24, 2.45) is 11.8 Å². The lowest BCUT2D eigenvalue weighted by molar-refractivity contribution is -0.122. The van der Waals surface area contributed by atoms with Crippen LogP contribution in [0.1, 0.15) is 50.2 Å². The Kier molecular flexibility index (Phi) is 8.64. The van der Waals surface area contributed by atoms with Gasteiger partial charge in [-0.2, -0.15) is 0 Å². The van der Waals surface area contributed by atoms with E-state index in [0.29, 0.717) is 24.2 Å². The number of piperidine rings is 1. The molecule has 1 aliphatic rings. The molecule has 4 heteroatoms. The van der Waals surface area contributed by atoms with E-state index in [1.807, 2.05) is 0 Å². The van der Waals surface area contributed by atoms with Crippen LogP contribution in [0.4, 0.5) is 0 Å². The van der Waals surface area contributed by atoms with E-state index in [9.17, 15) is 4.79 Å². The van der Waals surface area contributed by atoms with Crippen molar-refractivity contribution in [1.29, 1.82) is 0 Å². The van der Waals surface area contributed by atoms with Crippen LogP contribution >= 0.6 is 12.4 Å². The molecule has 1 amide bonds. The number of nitrogens with one attached hydrogen (secondary N) is 2. The second kappa shape index (κ2) is 9.94. The summed E-state index contributed by atoms with van der Waals surface area (Å²) >= 11 is 0. The maximum atomic E-state index is 12.2. The molecule has 2 N–H and O–H groups in total. The molecule has 1 heterocycles. The smallest absolute Gasteiger partial charge is 0.220 e. The molecule has 0 spiro atoms. The van der Waals surface area contributed by atoms with Crippen LogP contribution in [0.3, 0.4) is 0 Å². The van der Waals surface area contributed by atoms with E-state index in [-0.39, 0.29) is 18.3 Å². The first-order valence-electron chi connectivity index (χ1n) is 8.60. The number of carbonyl (C=O) groups is 1. The molecule has 2 unspecified atom stereocenters. The van der Waals surface area contributed by atoms with Gasteiger partial charge >= 0.3 is 0 Å². The van der Waals surface area contributed by atoms with E-state index in [0.717, 1.165) is 19.6 Å². The van der Waals surface area contributed by atoms with Crippen molar-refractivity contribution in [1.82, 2.24) is 10.6 Å². The molecule has 1 aromatic rings. The lowest BCUT2D eigenvalue weighted by Crippen LogP contribution is -2.34. The first-order chi connectivity index (χ1) is 10.6. The number of amides is 1. The van der Waals surface area contributed by atoms with Crippen LogP contribution < -0.4 is 10.6 Å². The van der Waals surface area contributed by atoms with Crippen LogP contribution in [0.5, 0.6) is 0 Å². The molecule has 3 nitrogen and oxygen atoms in total. The summed E-state index contributed by atoms with van der Waals surface area (Å²) in [7, 11) is 0. The Hall–Kier alpha value is -1.06. The molecule has 0 aliphatic carbocycles. The molecule has 2 rings (SSSR count). The summed E-state index contributed by atoms with van der Waals surface area (Å²) in [5, 5.41) is 6.50. The molecule has 0 radical (unpaired) electrons. The van der Waals surface area contributed by atoms with Gasteiger partial charge in [-0.25, -0.2) is 0 Å². The topological polar surface area (TPSA) is 41.1 Å². The van der Waals surface area contributed by atoms with Crippen LogP contribution in [0.2, 0.25) is 0 Å². The zero-order chi connectivity index (χ0) is 15.9. The van der Waals surface area contributed by atoms with Crippen molar-refractivity contribution in [2.75, 3.05) is 19.6 Å². The first-order valence-corrected chi connectivity index (χ1v) is 8.60. The number of hydrogen-bond donors (Lipinski definition) is 2. The number of benzene rings is 1. The van der Waals surface area contributed by atoms with E-state index in [1.165, 1.54) is 24.0 Å². The fraction of sp³-hybridized carbons (Fsp3) is 0.632. The van der Waals surface area contributed by atoms with Gasteiger partial charge in [0.05, 0.1) is 0 Å². The predicted octanol–water partition coefficient (Wildman–Crippen LogP) is 3.66. The van der Waals surface area contributed by atoms with E-state index >= 15 is 0 Å². The Bertz CT molecular complexity index is 469. The minimum absolute atomic E-state index is 0. The van der Waals surface area contributed by atoms with Crippen LogP contribution in [0.15, 0.2) is 24.3 Å². The van der Waals surface area contributed by atoms with Crippen LogP contribution in [-0.2, 0) is 4.79 Å². The Morgan fingerprint density at radius 1 is 1.22 bits per heavy atom. The van der Waals surface area contributed by atoms with Gasteiger partial charge in [0.2, 0.25) is 5.91 Å². The van der Waals surface area contributed by atoms with Gasteiger partial charge in [-0.3, -0.25) is 4.79 Å². The second-order valence-corrected chi connectivity index (χ2v) is 6.88. The van der Waals surface area contributed by atoms with E-state index in [4.69, 9.17) is 0 Å². The zero-order valence-electron chi connectivity index (χ0n) is 14.6. The number of rotatable bonds is 6. The Labute approximate surface area is 147 Å². The monoisotopic (exact) mass is 338 g/mol. The highest BCUT2D eigenvalue weighted by atomic mass is 35.5. The minimum Gasteiger partial charge on any atom is -0.355 e. The molecule has 0 bridgehead atoms. The third-order valence-electron chi connectivity index (χ3n) is 4.95. The van der Waals surface area contributed by atoms with E-state index in [1.54, 1.807) is 0 Å². The molecule has 1 saturated heterocycles. The highest BCUT2D eigenvalue weighted by Gasteiger charge is 2.22. The summed E-state index contributed by atoms with van der Waals surface area (Å²) in [4.78, 5) is 12.2. The van der Waals surface area contributed by atoms with E-state index in [2.05, 4.69) is 55.7 Å². The summed E-state index contributed by atoms with van der Waals surface area (Å²) in [6, 6.07) is 8.58.